The molecule has 3 unspecified atom stereocenters. The smallest absolute Gasteiger partial charge is 0.410 e. The van der Waals surface area contributed by atoms with Crippen molar-refractivity contribution < 1.29 is 23.4 Å². The summed E-state index contributed by atoms with van der Waals surface area (Å²) in [4.78, 5) is 14.9. The fourth-order valence-electron chi connectivity index (χ4n) is 5.20. The molecule has 1 amide bonds. The molecule has 1 aliphatic rings. The largest absolute Gasteiger partial charge is 0.488 e. The molecule has 0 radical (unpaired) electrons. The molecular weight excluding hydrogens is 545 g/mol. The molecule has 1 saturated heterocycles. The Labute approximate surface area is 251 Å². The predicted octanol–water partition coefficient (Wildman–Crippen LogP) is 7.02. The van der Waals surface area contributed by atoms with E-state index in [1.807, 2.05) is 56.3 Å². The van der Waals surface area contributed by atoms with Crippen molar-refractivity contribution in [1.29, 1.82) is 0 Å². The molecule has 3 atom stereocenters. The van der Waals surface area contributed by atoms with E-state index in [9.17, 15) is 9.18 Å². The van der Waals surface area contributed by atoms with Crippen molar-refractivity contribution in [3.63, 3.8) is 0 Å². The van der Waals surface area contributed by atoms with E-state index < -0.39 is 5.60 Å². The topological polar surface area (TPSA) is 48.0 Å². The Morgan fingerprint density at radius 1 is 0.976 bits per heavy atom. The van der Waals surface area contributed by atoms with Crippen molar-refractivity contribution >= 4 is 27.1 Å². The van der Waals surface area contributed by atoms with Gasteiger partial charge < -0.3 is 19.1 Å². The number of halogens is 1. The van der Waals surface area contributed by atoms with Crippen LogP contribution in [0.4, 0.5) is 9.18 Å². The van der Waals surface area contributed by atoms with Gasteiger partial charge in [-0.25, -0.2) is 9.18 Å². The average Bonchev–Trinajstić information content (AvgIpc) is 2.99. The van der Waals surface area contributed by atoms with Gasteiger partial charge in [-0.1, -0.05) is 73.7 Å². The number of amides is 1. The molecule has 0 aliphatic carbocycles. The maximum absolute atomic E-state index is 13.7. The number of carbonyl (C=O) groups is 1. The lowest BCUT2D eigenvalue weighted by molar-refractivity contribution is -0.0393. The highest BCUT2D eigenvalue weighted by atomic mass is 28.1. The van der Waals surface area contributed by atoms with E-state index in [-0.39, 0.29) is 23.9 Å². The molecule has 0 saturated carbocycles. The Bertz CT molecular complexity index is 1490. The average molecular weight is 586 g/mol. The van der Waals surface area contributed by atoms with E-state index in [1.54, 1.807) is 4.90 Å². The quantitative estimate of drug-likeness (QED) is 0.198. The molecular formula is C35H40FNO4Si. The van der Waals surface area contributed by atoms with Gasteiger partial charge in [0.15, 0.2) is 0 Å². The third-order valence-electron chi connectivity index (χ3n) is 8.46. The van der Waals surface area contributed by atoms with Crippen LogP contribution >= 0.6 is 0 Å². The highest BCUT2D eigenvalue weighted by Crippen LogP contribution is 2.34. The van der Waals surface area contributed by atoms with Crippen LogP contribution in [0.1, 0.15) is 49.8 Å². The fourth-order valence-corrected chi connectivity index (χ4v) is 5.31. The second kappa shape index (κ2) is 13.1. The summed E-state index contributed by atoms with van der Waals surface area (Å²) in [5.41, 5.74) is 2.94. The fraction of sp³-hybridized carbons (Fsp3) is 0.343. The van der Waals surface area contributed by atoms with E-state index in [0.717, 1.165) is 43.5 Å². The van der Waals surface area contributed by atoms with E-state index in [2.05, 4.69) is 43.3 Å². The molecule has 0 N–H and O–H groups in total. The van der Waals surface area contributed by atoms with Gasteiger partial charge in [0.05, 0.1) is 19.3 Å². The first kappa shape index (κ1) is 29.8. The zero-order valence-electron chi connectivity index (χ0n) is 24.9. The molecule has 4 aromatic carbocycles. The highest BCUT2D eigenvalue weighted by Gasteiger charge is 2.36. The first-order valence-corrected chi connectivity index (χ1v) is 15.9. The first-order valence-electron chi connectivity index (χ1n) is 14.7. The van der Waals surface area contributed by atoms with E-state index in [1.165, 1.54) is 12.1 Å². The van der Waals surface area contributed by atoms with Crippen molar-refractivity contribution in [2.75, 3.05) is 13.1 Å². The summed E-state index contributed by atoms with van der Waals surface area (Å²) in [5.74, 6) is 0.591. The summed E-state index contributed by atoms with van der Waals surface area (Å²) in [6.07, 6.45) is 0.130. The number of nitrogens with zero attached hydrogens (tertiary/aromatic N) is 1. The molecule has 4 aromatic rings. The lowest BCUT2D eigenvalue weighted by Crippen LogP contribution is -2.49. The van der Waals surface area contributed by atoms with Gasteiger partial charge in [0, 0.05) is 28.1 Å². The van der Waals surface area contributed by atoms with Gasteiger partial charge in [-0.05, 0) is 72.2 Å². The van der Waals surface area contributed by atoms with Crippen LogP contribution in [0.15, 0.2) is 91.0 Å². The van der Waals surface area contributed by atoms with Crippen LogP contribution in [-0.2, 0) is 22.7 Å². The van der Waals surface area contributed by atoms with Crippen LogP contribution in [0, 0.1) is 5.82 Å². The second-order valence-electron chi connectivity index (χ2n) is 12.0. The summed E-state index contributed by atoms with van der Waals surface area (Å²) in [6.45, 7) is 7.88. The van der Waals surface area contributed by atoms with Crippen LogP contribution < -0.4 is 4.74 Å². The number of hydrogen-bond acceptors (Lipinski definition) is 4. The molecule has 42 heavy (non-hydrogen) atoms. The monoisotopic (exact) mass is 585 g/mol. The first-order chi connectivity index (χ1) is 20.2. The predicted molar refractivity (Wildman–Crippen MR) is 169 cm³/mol. The minimum Gasteiger partial charge on any atom is -0.488 e. The summed E-state index contributed by atoms with van der Waals surface area (Å²) in [7, 11) is 0.934. The Kier molecular flexibility index (Phi) is 9.29. The van der Waals surface area contributed by atoms with Crippen molar-refractivity contribution in [2.24, 2.45) is 0 Å². The van der Waals surface area contributed by atoms with Crippen molar-refractivity contribution in [2.45, 2.75) is 63.6 Å². The molecule has 220 valence electrons. The number of piperidine rings is 1. The standard InChI is InChI=1S/C35H40FNO4Si/c1-24(42)35(2,3)41-34(38)37-19-18-30(28-14-16-29(36)17-15-28)33(21-37)40-23-26-12-13-27-10-7-11-32(31(27)20-26)39-22-25-8-5-4-6-9-25/h4-17,20,24,30,33H,18-19,21-23H2,1-3,42H3. The molecule has 5 rings (SSSR count). The minimum atomic E-state index is -0.515. The Balaban J connectivity index is 1.33. The van der Waals surface area contributed by atoms with Gasteiger partial charge in [-0.2, -0.15) is 0 Å². The van der Waals surface area contributed by atoms with Crippen LogP contribution in [0.25, 0.3) is 10.8 Å². The van der Waals surface area contributed by atoms with Gasteiger partial charge in [-0.15, -0.1) is 0 Å². The van der Waals surface area contributed by atoms with Crippen LogP contribution in [0.5, 0.6) is 5.75 Å². The molecule has 0 bridgehead atoms. The Morgan fingerprint density at radius 3 is 2.48 bits per heavy atom. The summed E-state index contributed by atoms with van der Waals surface area (Å²) in [6, 6.07) is 29.1. The van der Waals surface area contributed by atoms with Crippen LogP contribution in [0.3, 0.4) is 0 Å². The van der Waals surface area contributed by atoms with Gasteiger partial charge in [0.2, 0.25) is 0 Å². The maximum atomic E-state index is 13.7. The van der Waals surface area contributed by atoms with E-state index >= 15 is 0 Å². The van der Waals surface area contributed by atoms with Gasteiger partial charge in [0.1, 0.15) is 23.8 Å². The van der Waals surface area contributed by atoms with Crippen LogP contribution in [0.2, 0.25) is 5.54 Å². The maximum Gasteiger partial charge on any atom is 0.410 e. The van der Waals surface area contributed by atoms with E-state index in [0.29, 0.717) is 38.3 Å². The van der Waals surface area contributed by atoms with Crippen molar-refractivity contribution in [3.05, 3.63) is 114 Å². The zero-order valence-corrected chi connectivity index (χ0v) is 26.9. The lowest BCUT2D eigenvalue weighted by atomic mass is 9.87. The summed E-state index contributed by atoms with van der Waals surface area (Å²) in [5, 5.41) is 2.12. The highest BCUT2D eigenvalue weighted by molar-refractivity contribution is 6.12. The van der Waals surface area contributed by atoms with Crippen molar-refractivity contribution in [1.82, 2.24) is 4.90 Å². The third kappa shape index (κ3) is 7.20. The normalized spacial score (nSPS) is 18.1. The number of fused-ring (bicyclic) bond motifs is 1. The number of hydrogen-bond donors (Lipinski definition) is 0. The molecule has 1 heterocycles. The Morgan fingerprint density at radius 2 is 1.74 bits per heavy atom. The summed E-state index contributed by atoms with van der Waals surface area (Å²) < 4.78 is 32.4. The second-order valence-corrected chi connectivity index (χ2v) is 13.7. The number of ether oxygens (including phenoxy) is 3. The zero-order chi connectivity index (χ0) is 29.7. The van der Waals surface area contributed by atoms with Gasteiger partial charge in [-0.3, -0.25) is 0 Å². The van der Waals surface area contributed by atoms with Gasteiger partial charge >= 0.3 is 6.09 Å². The Hall–Kier alpha value is -3.68. The number of likely N-dealkylation sites (tertiary alicyclic amines) is 1. The molecule has 1 aliphatic heterocycles. The number of benzene rings is 4. The molecule has 5 nitrogen and oxygen atoms in total. The molecule has 0 aromatic heterocycles. The molecule has 7 heteroatoms. The van der Waals surface area contributed by atoms with Crippen molar-refractivity contribution in [3.8, 4) is 5.75 Å². The number of carbonyl (C=O) groups excluding carboxylic acids is 1. The third-order valence-corrected chi connectivity index (χ3v) is 9.85. The molecule has 0 spiro atoms. The lowest BCUT2D eigenvalue weighted by Gasteiger charge is -2.40. The minimum absolute atomic E-state index is 0.0328. The van der Waals surface area contributed by atoms with Gasteiger partial charge in [0.25, 0.3) is 0 Å². The summed E-state index contributed by atoms with van der Waals surface area (Å²) >= 11 is 0. The van der Waals surface area contributed by atoms with E-state index in [4.69, 9.17) is 14.2 Å². The van der Waals surface area contributed by atoms with Crippen LogP contribution in [-0.4, -0.2) is 46.0 Å². The number of rotatable bonds is 9. The SMILES string of the molecule is CC([SiH3])C(C)(C)OC(=O)N1CCC(c2ccc(F)cc2)C(OCc2ccc3cccc(OCc4ccccc4)c3c2)C1. The molecule has 1 fully saturated rings.